The monoisotopic (exact) mass is 398 g/mol. The van der Waals surface area contributed by atoms with Crippen LogP contribution in [-0.4, -0.2) is 31.4 Å². The zero-order valence-electron chi connectivity index (χ0n) is 16.2. The number of anilines is 2. The molecule has 0 unspecified atom stereocenters. The Bertz CT molecular complexity index is 839. The summed E-state index contributed by atoms with van der Waals surface area (Å²) in [4.78, 5) is 28.3. The lowest BCUT2D eigenvalue weighted by molar-refractivity contribution is -0.890. The summed E-state index contributed by atoms with van der Waals surface area (Å²) in [7, 11) is 0. The summed E-state index contributed by atoms with van der Waals surface area (Å²) >= 11 is 1.58. The van der Waals surface area contributed by atoms with Gasteiger partial charge in [0.25, 0.3) is 11.8 Å². The topological polar surface area (TPSA) is 62.6 Å². The minimum Gasteiger partial charge on any atom is -0.327 e. The van der Waals surface area contributed by atoms with Crippen LogP contribution in [0, 0.1) is 0 Å². The van der Waals surface area contributed by atoms with Gasteiger partial charge in [0.2, 0.25) is 0 Å². The number of aryl methyl sites for hydroxylation is 1. The minimum absolute atomic E-state index is 0.0191. The predicted octanol–water partition coefficient (Wildman–Crippen LogP) is 2.89. The summed E-state index contributed by atoms with van der Waals surface area (Å²) < 4.78 is 0. The quantitative estimate of drug-likeness (QED) is 0.725. The van der Waals surface area contributed by atoms with Crippen molar-refractivity contribution in [2.75, 3.05) is 30.3 Å². The number of fused-ring (bicyclic) bond motifs is 1. The fourth-order valence-electron chi connectivity index (χ4n) is 4.25. The molecule has 4 rings (SSSR count). The molecule has 1 aliphatic heterocycles. The van der Waals surface area contributed by atoms with Crippen LogP contribution in [0.1, 0.15) is 52.9 Å². The van der Waals surface area contributed by atoms with Crippen molar-refractivity contribution in [2.45, 2.75) is 44.9 Å². The number of hydrogen-bond donors (Lipinski definition) is 3. The van der Waals surface area contributed by atoms with Gasteiger partial charge in [0, 0.05) is 10.6 Å². The highest BCUT2D eigenvalue weighted by Gasteiger charge is 2.28. The highest BCUT2D eigenvalue weighted by molar-refractivity contribution is 7.17. The van der Waals surface area contributed by atoms with Gasteiger partial charge in [-0.25, -0.2) is 0 Å². The highest BCUT2D eigenvalue weighted by Crippen LogP contribution is 2.39. The molecule has 2 heterocycles. The van der Waals surface area contributed by atoms with E-state index in [9.17, 15) is 9.59 Å². The second kappa shape index (κ2) is 8.88. The smallest absolute Gasteiger partial charge is 0.280 e. The number of carbonyl (C=O) groups excluding carboxylic acids is 2. The van der Waals surface area contributed by atoms with Gasteiger partial charge in [-0.1, -0.05) is 18.2 Å². The molecule has 0 saturated carbocycles. The minimum atomic E-state index is -0.122. The van der Waals surface area contributed by atoms with E-state index in [2.05, 4.69) is 10.6 Å². The predicted molar refractivity (Wildman–Crippen MR) is 113 cm³/mol. The van der Waals surface area contributed by atoms with E-state index in [4.69, 9.17) is 0 Å². The van der Waals surface area contributed by atoms with Gasteiger partial charge in [0.15, 0.2) is 6.54 Å². The second-order valence-electron chi connectivity index (χ2n) is 7.77. The zero-order chi connectivity index (χ0) is 19.3. The third-order valence-electron chi connectivity index (χ3n) is 5.65. The number of likely N-dealkylation sites (tertiary alicyclic amines) is 1. The van der Waals surface area contributed by atoms with Crippen LogP contribution in [0.25, 0.3) is 0 Å². The van der Waals surface area contributed by atoms with E-state index in [-0.39, 0.29) is 11.8 Å². The number of para-hydroxylation sites is 1. The number of nitrogens with one attached hydrogen (secondary N) is 3. The van der Waals surface area contributed by atoms with Gasteiger partial charge >= 0.3 is 0 Å². The molecule has 1 fully saturated rings. The number of thiophene rings is 1. The Kier molecular flexibility index (Phi) is 6.07. The van der Waals surface area contributed by atoms with E-state index < -0.39 is 0 Å². The summed E-state index contributed by atoms with van der Waals surface area (Å²) in [5.41, 5.74) is 2.56. The average Bonchev–Trinajstić information content (AvgIpc) is 3.15. The van der Waals surface area contributed by atoms with E-state index in [1.807, 2.05) is 30.3 Å². The molecule has 0 bridgehead atoms. The summed E-state index contributed by atoms with van der Waals surface area (Å²) in [5.74, 6) is -0.103. The summed E-state index contributed by atoms with van der Waals surface area (Å²) in [6.07, 6.45) is 7.93. The van der Waals surface area contributed by atoms with Crippen molar-refractivity contribution in [3.8, 4) is 0 Å². The van der Waals surface area contributed by atoms with Gasteiger partial charge in [0.05, 0.1) is 18.7 Å². The number of carbonyl (C=O) groups is 2. The Morgan fingerprint density at radius 2 is 1.68 bits per heavy atom. The van der Waals surface area contributed by atoms with Crippen LogP contribution < -0.4 is 15.5 Å². The van der Waals surface area contributed by atoms with E-state index in [0.29, 0.717) is 12.1 Å². The van der Waals surface area contributed by atoms with Gasteiger partial charge in [0.1, 0.15) is 5.00 Å². The van der Waals surface area contributed by atoms with Crippen LogP contribution in [0.15, 0.2) is 30.3 Å². The number of rotatable bonds is 5. The Labute approximate surface area is 170 Å². The van der Waals surface area contributed by atoms with E-state index in [1.165, 1.54) is 35.5 Å². The third-order valence-corrected chi connectivity index (χ3v) is 6.86. The standard InChI is InChI=1S/C22H27N3O2S/c26-19(15-25-13-6-1-2-7-14-25)24-22-20(17-11-8-12-18(17)28-22)21(27)23-16-9-4-3-5-10-16/h3-5,9-10H,1-2,6-8,11-15H2,(H,23,27)(H,24,26)/p+1. The fraction of sp³-hybridized carbons (Fsp3) is 0.455. The SMILES string of the molecule is O=C(C[NH+]1CCCCCC1)Nc1sc2c(c1C(=O)Nc1ccccc1)CCC2. The molecule has 0 spiro atoms. The molecule has 2 aromatic rings. The zero-order valence-corrected chi connectivity index (χ0v) is 17.0. The van der Waals surface area contributed by atoms with Gasteiger partial charge in [-0.3, -0.25) is 9.59 Å². The van der Waals surface area contributed by atoms with Crippen molar-refractivity contribution in [1.29, 1.82) is 0 Å². The van der Waals surface area contributed by atoms with E-state index >= 15 is 0 Å². The van der Waals surface area contributed by atoms with Gasteiger partial charge in [-0.2, -0.15) is 0 Å². The van der Waals surface area contributed by atoms with E-state index in [0.717, 1.165) is 48.6 Å². The first-order valence-electron chi connectivity index (χ1n) is 10.3. The molecule has 1 saturated heterocycles. The van der Waals surface area contributed by atoms with Crippen LogP contribution in [-0.2, 0) is 17.6 Å². The maximum absolute atomic E-state index is 13.0. The molecular weight excluding hydrogens is 370 g/mol. The first-order valence-corrected chi connectivity index (χ1v) is 11.2. The number of amides is 2. The van der Waals surface area contributed by atoms with Gasteiger partial charge in [-0.05, 0) is 62.6 Å². The number of quaternary nitrogens is 1. The molecule has 2 amide bonds. The second-order valence-corrected chi connectivity index (χ2v) is 8.88. The average molecular weight is 399 g/mol. The highest BCUT2D eigenvalue weighted by atomic mass is 32.1. The molecule has 1 aliphatic carbocycles. The van der Waals surface area contributed by atoms with Crippen molar-refractivity contribution in [2.24, 2.45) is 0 Å². The third kappa shape index (κ3) is 4.45. The molecule has 148 valence electrons. The first kappa shape index (κ1) is 19.2. The molecule has 6 heteroatoms. The first-order chi connectivity index (χ1) is 13.7. The van der Waals surface area contributed by atoms with Gasteiger partial charge in [-0.15, -0.1) is 11.3 Å². The van der Waals surface area contributed by atoms with Crippen LogP contribution in [0.2, 0.25) is 0 Å². The van der Waals surface area contributed by atoms with Crippen LogP contribution in [0.5, 0.6) is 0 Å². The molecule has 1 aromatic carbocycles. The maximum Gasteiger partial charge on any atom is 0.280 e. The van der Waals surface area contributed by atoms with Crippen molar-refractivity contribution < 1.29 is 14.5 Å². The Hall–Kier alpha value is -2.18. The van der Waals surface area contributed by atoms with Crippen LogP contribution in [0.4, 0.5) is 10.7 Å². The maximum atomic E-state index is 13.0. The number of benzene rings is 1. The van der Waals surface area contributed by atoms with Crippen LogP contribution in [0.3, 0.4) is 0 Å². The normalized spacial score (nSPS) is 17.0. The fourth-order valence-corrected chi connectivity index (χ4v) is 5.55. The summed E-state index contributed by atoms with van der Waals surface area (Å²) in [6, 6.07) is 9.49. The summed E-state index contributed by atoms with van der Waals surface area (Å²) in [6.45, 7) is 2.62. The largest absolute Gasteiger partial charge is 0.327 e. The Morgan fingerprint density at radius 3 is 2.43 bits per heavy atom. The number of hydrogen-bond acceptors (Lipinski definition) is 3. The molecule has 1 aromatic heterocycles. The molecule has 3 N–H and O–H groups in total. The molecular formula is C22H28N3O2S+. The van der Waals surface area contributed by atoms with Crippen molar-refractivity contribution in [1.82, 2.24) is 0 Å². The van der Waals surface area contributed by atoms with Crippen LogP contribution >= 0.6 is 11.3 Å². The molecule has 2 aliphatic rings. The Morgan fingerprint density at radius 1 is 0.929 bits per heavy atom. The Balaban J connectivity index is 1.49. The molecule has 0 radical (unpaired) electrons. The summed E-state index contributed by atoms with van der Waals surface area (Å²) in [5, 5.41) is 6.78. The lowest BCUT2D eigenvalue weighted by Gasteiger charge is -2.16. The molecule has 28 heavy (non-hydrogen) atoms. The lowest BCUT2D eigenvalue weighted by atomic mass is 10.1. The van der Waals surface area contributed by atoms with Crippen molar-refractivity contribution in [3.05, 3.63) is 46.3 Å². The van der Waals surface area contributed by atoms with E-state index in [1.54, 1.807) is 11.3 Å². The van der Waals surface area contributed by atoms with Crippen molar-refractivity contribution in [3.63, 3.8) is 0 Å². The van der Waals surface area contributed by atoms with Crippen molar-refractivity contribution >= 4 is 33.8 Å². The molecule has 5 nitrogen and oxygen atoms in total. The van der Waals surface area contributed by atoms with Gasteiger partial charge < -0.3 is 15.5 Å². The lowest BCUT2D eigenvalue weighted by Crippen LogP contribution is -3.12. The molecule has 0 atom stereocenters.